The Morgan fingerprint density at radius 3 is 1.90 bits per heavy atom. The van der Waals surface area contributed by atoms with E-state index in [0.29, 0.717) is 6.61 Å². The van der Waals surface area contributed by atoms with E-state index in [1.165, 1.54) is 43.2 Å². The van der Waals surface area contributed by atoms with Crippen molar-refractivity contribution >= 4 is 62.2 Å². The van der Waals surface area contributed by atoms with Crippen LogP contribution in [0, 0.1) is 0 Å². The second-order valence-corrected chi connectivity index (χ2v) is 10.4. The van der Waals surface area contributed by atoms with E-state index in [9.17, 15) is 0 Å². The third-order valence-corrected chi connectivity index (χ3v) is 7.53. The molecule has 4 aromatic carbocycles. The molecule has 0 bridgehead atoms. The molecule has 2 aromatic heterocycles. The molecule has 6 rings (SSSR count). The van der Waals surface area contributed by atoms with Crippen LogP contribution >= 0.6 is 12.4 Å². The van der Waals surface area contributed by atoms with Crippen LogP contribution in [0.5, 0.6) is 5.75 Å². The van der Waals surface area contributed by atoms with Crippen LogP contribution in [-0.2, 0) is 0 Å². The number of para-hydroxylation sites is 5. The number of anilines is 3. The summed E-state index contributed by atoms with van der Waals surface area (Å²) in [5.74, 6) is 0.882. The molecule has 0 atom stereocenters. The molecule has 0 saturated carbocycles. The fourth-order valence-corrected chi connectivity index (χ4v) is 5.39. The molecule has 0 saturated heterocycles. The highest BCUT2D eigenvalue weighted by Gasteiger charge is 2.11. The van der Waals surface area contributed by atoms with Gasteiger partial charge in [-0.1, -0.05) is 92.4 Å². The molecule has 0 fully saturated rings. The van der Waals surface area contributed by atoms with Crippen molar-refractivity contribution in [2.45, 2.75) is 38.5 Å². The van der Waals surface area contributed by atoms with E-state index in [1.54, 1.807) is 0 Å². The molecule has 0 spiro atoms. The second kappa shape index (κ2) is 14.5. The third-order valence-electron chi connectivity index (χ3n) is 7.53. The van der Waals surface area contributed by atoms with Crippen molar-refractivity contribution in [3.63, 3.8) is 0 Å². The van der Waals surface area contributed by atoms with E-state index in [0.717, 1.165) is 57.4 Å². The largest absolute Gasteiger partial charge is 0.491 e. The Balaban J connectivity index is 0.00000353. The molecule has 42 heavy (non-hydrogen) atoms. The number of pyridine rings is 2. The van der Waals surface area contributed by atoms with Crippen LogP contribution in [-0.4, -0.2) is 23.1 Å². The molecule has 0 radical (unpaired) electrons. The number of nitrogens with zero attached hydrogens (tertiary/aromatic N) is 2. The van der Waals surface area contributed by atoms with E-state index < -0.39 is 0 Å². The van der Waals surface area contributed by atoms with Gasteiger partial charge in [0.1, 0.15) is 5.75 Å². The number of nitrogens with one attached hydrogen (secondary N) is 2. The summed E-state index contributed by atoms with van der Waals surface area (Å²) in [5.41, 5.74) is 6.21. The fraction of sp³-hybridized carbons (Fsp3) is 0.222. The van der Waals surface area contributed by atoms with Crippen LogP contribution in [0.15, 0.2) is 109 Å². The number of aromatic nitrogens is 2. The molecule has 6 heteroatoms. The lowest BCUT2D eigenvalue weighted by molar-refractivity contribution is 0.306. The van der Waals surface area contributed by atoms with Crippen molar-refractivity contribution in [3.8, 4) is 5.75 Å². The van der Waals surface area contributed by atoms with E-state index in [2.05, 4.69) is 82.3 Å². The van der Waals surface area contributed by atoms with Crippen LogP contribution in [0.1, 0.15) is 38.5 Å². The summed E-state index contributed by atoms with van der Waals surface area (Å²) in [6.45, 7) is 1.70. The molecule has 214 valence electrons. The Labute approximate surface area is 253 Å². The van der Waals surface area contributed by atoms with Crippen molar-refractivity contribution in [3.05, 3.63) is 109 Å². The number of benzene rings is 4. The van der Waals surface area contributed by atoms with E-state index in [1.807, 2.05) is 42.6 Å². The second-order valence-electron chi connectivity index (χ2n) is 10.4. The van der Waals surface area contributed by atoms with Gasteiger partial charge in [-0.25, -0.2) is 4.98 Å². The summed E-state index contributed by atoms with van der Waals surface area (Å²) < 4.78 is 6.27. The van der Waals surface area contributed by atoms with E-state index >= 15 is 0 Å². The molecule has 5 nitrogen and oxygen atoms in total. The Morgan fingerprint density at radius 1 is 0.548 bits per heavy atom. The average molecular weight is 577 g/mol. The Morgan fingerprint density at radius 2 is 1.14 bits per heavy atom. The third kappa shape index (κ3) is 6.92. The highest BCUT2D eigenvalue weighted by atomic mass is 35.5. The maximum Gasteiger partial charge on any atom is 0.142 e. The zero-order valence-corrected chi connectivity index (χ0v) is 24.6. The van der Waals surface area contributed by atoms with E-state index in [4.69, 9.17) is 9.72 Å². The molecule has 2 N–H and O–H groups in total. The Bertz CT molecular complexity index is 1700. The van der Waals surface area contributed by atoms with Gasteiger partial charge in [0.15, 0.2) is 0 Å². The predicted octanol–water partition coefficient (Wildman–Crippen LogP) is 9.93. The molecule has 0 amide bonds. The van der Waals surface area contributed by atoms with Crippen LogP contribution in [0.4, 0.5) is 17.1 Å². The van der Waals surface area contributed by atoms with Crippen molar-refractivity contribution in [1.29, 1.82) is 0 Å². The van der Waals surface area contributed by atoms with Crippen molar-refractivity contribution < 1.29 is 4.74 Å². The first kappa shape index (κ1) is 29.2. The lowest BCUT2D eigenvalue weighted by atomic mass is 10.1. The Kier molecular flexibility index (Phi) is 10.1. The SMILES string of the molecule is Cl.c1ccc(OCCCCCCCCNc2ccnc3ccccc23)c(Nc2c3ccccc3nc3ccccc23)c1. The quantitative estimate of drug-likeness (QED) is 0.106. The topological polar surface area (TPSA) is 59.1 Å². The molecule has 6 aromatic rings. The minimum absolute atomic E-state index is 0. The first-order valence-electron chi connectivity index (χ1n) is 14.7. The first-order chi connectivity index (χ1) is 20.4. The molecule has 0 unspecified atom stereocenters. The average Bonchev–Trinajstić information content (AvgIpc) is 3.02. The van der Waals surface area contributed by atoms with Gasteiger partial charge in [0.25, 0.3) is 0 Å². The summed E-state index contributed by atoms with van der Waals surface area (Å²) in [7, 11) is 0. The summed E-state index contributed by atoms with van der Waals surface area (Å²) in [4.78, 5) is 9.30. The lowest BCUT2D eigenvalue weighted by Gasteiger charge is -2.16. The van der Waals surface area contributed by atoms with Crippen LogP contribution < -0.4 is 15.4 Å². The summed E-state index contributed by atoms with van der Waals surface area (Å²) in [5, 5.41) is 10.7. The molecular weight excluding hydrogens is 540 g/mol. The monoisotopic (exact) mass is 576 g/mol. The number of rotatable bonds is 13. The van der Waals surface area contributed by atoms with Gasteiger partial charge in [-0.3, -0.25) is 4.98 Å². The number of unbranched alkanes of at least 4 members (excludes halogenated alkanes) is 5. The number of hydrogen-bond donors (Lipinski definition) is 2. The predicted molar refractivity (Wildman–Crippen MR) is 180 cm³/mol. The van der Waals surface area contributed by atoms with Gasteiger partial charge in [-0.15, -0.1) is 12.4 Å². The van der Waals surface area contributed by atoms with E-state index in [-0.39, 0.29) is 12.4 Å². The molecule has 2 heterocycles. The molecule has 0 aliphatic carbocycles. The smallest absolute Gasteiger partial charge is 0.142 e. The lowest BCUT2D eigenvalue weighted by Crippen LogP contribution is -2.03. The number of ether oxygens (including phenoxy) is 1. The normalized spacial score (nSPS) is 11.0. The maximum atomic E-state index is 6.27. The minimum Gasteiger partial charge on any atom is -0.491 e. The zero-order chi connectivity index (χ0) is 27.7. The van der Waals surface area contributed by atoms with Gasteiger partial charge in [0.2, 0.25) is 0 Å². The van der Waals surface area contributed by atoms with Gasteiger partial charge >= 0.3 is 0 Å². The highest BCUT2D eigenvalue weighted by molar-refractivity contribution is 6.08. The maximum absolute atomic E-state index is 6.27. The number of hydrogen-bond acceptors (Lipinski definition) is 5. The molecule has 0 aliphatic heterocycles. The van der Waals surface area contributed by atoms with Gasteiger partial charge in [0.05, 0.1) is 34.5 Å². The summed E-state index contributed by atoms with van der Waals surface area (Å²) in [6.07, 6.45) is 9.00. The summed E-state index contributed by atoms with van der Waals surface area (Å²) in [6, 6.07) is 35.1. The number of halogens is 1. The van der Waals surface area contributed by atoms with Crippen molar-refractivity contribution in [2.75, 3.05) is 23.8 Å². The van der Waals surface area contributed by atoms with Gasteiger partial charge in [-0.05, 0) is 49.2 Å². The van der Waals surface area contributed by atoms with Crippen molar-refractivity contribution in [1.82, 2.24) is 9.97 Å². The van der Waals surface area contributed by atoms with Gasteiger partial charge < -0.3 is 15.4 Å². The minimum atomic E-state index is 0. The highest BCUT2D eigenvalue weighted by Crippen LogP contribution is 2.36. The van der Waals surface area contributed by atoms with Crippen LogP contribution in [0.2, 0.25) is 0 Å². The van der Waals surface area contributed by atoms with Crippen LogP contribution in [0.25, 0.3) is 32.7 Å². The molecule has 0 aliphatic rings. The zero-order valence-electron chi connectivity index (χ0n) is 23.8. The van der Waals surface area contributed by atoms with Gasteiger partial charge in [-0.2, -0.15) is 0 Å². The fourth-order valence-electron chi connectivity index (χ4n) is 5.39. The standard InChI is InChI=1S/C36H36N4O.ClH/c1(3-13-24-37-31-23-25-38-30-18-8-5-15-27(30)31)2-4-14-26-41-35-22-12-11-21-34(35)40-36-28-16-6-9-19-32(28)39-33-20-10-7-17-29(33)36;/h5-12,15-23,25H,1-4,13-14,24,26H2,(H,37,38)(H,39,40);1H. The summed E-state index contributed by atoms with van der Waals surface area (Å²) >= 11 is 0. The first-order valence-corrected chi connectivity index (χ1v) is 14.7. The number of fused-ring (bicyclic) bond motifs is 3. The molecular formula is C36H37ClN4O. The Hall–Kier alpha value is -4.35. The van der Waals surface area contributed by atoms with Crippen LogP contribution in [0.3, 0.4) is 0 Å². The van der Waals surface area contributed by atoms with Crippen molar-refractivity contribution in [2.24, 2.45) is 0 Å². The van der Waals surface area contributed by atoms with Gasteiger partial charge in [0, 0.05) is 34.6 Å².